The molecule has 3 aliphatic rings. The van der Waals surface area contributed by atoms with Crippen LogP contribution in [0.4, 0.5) is 4.39 Å². The number of hydrazine groups is 1. The molecule has 10 heteroatoms. The first-order chi connectivity index (χ1) is 14.9. The Morgan fingerprint density at radius 3 is 2.77 bits per heavy atom. The van der Waals surface area contributed by atoms with Crippen LogP contribution in [0.15, 0.2) is 45.4 Å². The van der Waals surface area contributed by atoms with E-state index in [0.29, 0.717) is 52.6 Å². The summed E-state index contributed by atoms with van der Waals surface area (Å²) in [6.07, 6.45) is 7.71. The monoisotopic (exact) mass is 465 g/mol. The third kappa shape index (κ3) is 4.75. The van der Waals surface area contributed by atoms with Crippen molar-refractivity contribution in [3.8, 4) is 0 Å². The summed E-state index contributed by atoms with van der Waals surface area (Å²) in [5.74, 6) is 1.73. The molecule has 0 saturated heterocycles. The Kier molecular flexibility index (Phi) is 6.57. The molecule has 0 radical (unpaired) electrons. The Balaban J connectivity index is 1.60. The predicted molar refractivity (Wildman–Crippen MR) is 123 cm³/mol. The van der Waals surface area contributed by atoms with Gasteiger partial charge in [-0.2, -0.15) is 0 Å². The molecule has 166 valence electrons. The zero-order valence-electron chi connectivity index (χ0n) is 17.1. The third-order valence-corrected chi connectivity index (χ3v) is 6.60. The summed E-state index contributed by atoms with van der Waals surface area (Å²) in [6, 6.07) is 2.74. The van der Waals surface area contributed by atoms with Crippen molar-refractivity contribution in [2.24, 2.45) is 27.4 Å². The summed E-state index contributed by atoms with van der Waals surface area (Å²) in [5, 5.41) is 0.393. The van der Waals surface area contributed by atoms with Crippen LogP contribution in [-0.2, 0) is 6.54 Å². The summed E-state index contributed by atoms with van der Waals surface area (Å²) >= 11 is 12.4. The summed E-state index contributed by atoms with van der Waals surface area (Å²) in [4.78, 5) is 10.9. The van der Waals surface area contributed by atoms with E-state index in [1.165, 1.54) is 31.4 Å². The molecule has 2 aliphatic heterocycles. The summed E-state index contributed by atoms with van der Waals surface area (Å²) < 4.78 is 14.0. The van der Waals surface area contributed by atoms with E-state index in [1.54, 1.807) is 6.08 Å². The van der Waals surface area contributed by atoms with Crippen LogP contribution in [0.1, 0.15) is 37.7 Å². The maximum Gasteiger partial charge on any atom is 0.169 e. The van der Waals surface area contributed by atoms with Gasteiger partial charge in [-0.1, -0.05) is 42.5 Å². The van der Waals surface area contributed by atoms with Crippen LogP contribution in [0.3, 0.4) is 0 Å². The Morgan fingerprint density at radius 1 is 1.23 bits per heavy atom. The number of nitrogens with one attached hydrogen (secondary N) is 2. The smallest absolute Gasteiger partial charge is 0.169 e. The molecule has 1 aromatic rings. The Hall–Kier alpha value is -2.45. The highest BCUT2D eigenvalue weighted by atomic mass is 35.5. The molecule has 0 amide bonds. The molecule has 31 heavy (non-hydrogen) atoms. The molecule has 0 atom stereocenters. The third-order valence-electron chi connectivity index (χ3n) is 5.84. The van der Waals surface area contributed by atoms with Crippen LogP contribution in [0.25, 0.3) is 0 Å². The lowest BCUT2D eigenvalue weighted by molar-refractivity contribution is 0.352. The lowest BCUT2D eigenvalue weighted by Gasteiger charge is -2.30. The molecule has 0 bridgehead atoms. The highest BCUT2D eigenvalue weighted by Gasteiger charge is 2.25. The molecular formula is C21H26Cl2FN7. The predicted octanol–water partition coefficient (Wildman–Crippen LogP) is 3.40. The van der Waals surface area contributed by atoms with Crippen molar-refractivity contribution in [3.05, 3.63) is 56.8 Å². The Labute approximate surface area is 191 Å². The first-order valence-corrected chi connectivity index (χ1v) is 11.2. The van der Waals surface area contributed by atoms with E-state index in [2.05, 4.69) is 20.8 Å². The summed E-state index contributed by atoms with van der Waals surface area (Å²) in [6.45, 7) is 1.36. The number of rotatable bonds is 4. The molecule has 1 aromatic carbocycles. The second-order valence-electron chi connectivity index (χ2n) is 7.93. The van der Waals surface area contributed by atoms with Crippen LogP contribution >= 0.6 is 23.2 Å². The number of benzene rings is 1. The Morgan fingerprint density at radius 2 is 2.00 bits per heavy atom. The molecule has 1 fully saturated rings. The molecule has 6 N–H and O–H groups in total. The SMILES string of the molecule is NC1=NCCN(Cc2c(Cl)ccc(F)c2Cl)C1=CC(N)=C1N=C(C2CCCCC2)NN1. The van der Waals surface area contributed by atoms with Gasteiger partial charge in [0.05, 0.1) is 23.0 Å². The molecule has 1 aliphatic carbocycles. The van der Waals surface area contributed by atoms with Gasteiger partial charge in [0.2, 0.25) is 0 Å². The number of amidine groups is 2. The van der Waals surface area contributed by atoms with Gasteiger partial charge in [-0.05, 0) is 31.1 Å². The van der Waals surface area contributed by atoms with Crippen molar-refractivity contribution < 1.29 is 4.39 Å². The second kappa shape index (κ2) is 9.36. The average molecular weight is 466 g/mol. The van der Waals surface area contributed by atoms with Crippen molar-refractivity contribution in [1.82, 2.24) is 15.8 Å². The van der Waals surface area contributed by atoms with Gasteiger partial charge in [0.1, 0.15) is 17.5 Å². The second-order valence-corrected chi connectivity index (χ2v) is 8.71. The number of nitrogens with two attached hydrogens (primary N) is 2. The zero-order chi connectivity index (χ0) is 22.0. The van der Waals surface area contributed by atoms with Crippen LogP contribution in [-0.4, -0.2) is 29.7 Å². The van der Waals surface area contributed by atoms with E-state index in [1.807, 2.05) is 4.90 Å². The summed E-state index contributed by atoms with van der Waals surface area (Å²) in [7, 11) is 0. The zero-order valence-corrected chi connectivity index (χ0v) is 18.6. The maximum absolute atomic E-state index is 14.0. The molecular weight excluding hydrogens is 440 g/mol. The fourth-order valence-electron chi connectivity index (χ4n) is 4.11. The number of aliphatic imine (C=N–C) groups is 2. The quantitative estimate of drug-likeness (QED) is 0.510. The number of halogens is 3. The van der Waals surface area contributed by atoms with Gasteiger partial charge in [-0.3, -0.25) is 15.8 Å². The lowest BCUT2D eigenvalue weighted by Crippen LogP contribution is -2.38. The van der Waals surface area contributed by atoms with Crippen LogP contribution in [0.2, 0.25) is 10.0 Å². The van der Waals surface area contributed by atoms with Gasteiger partial charge in [-0.15, -0.1) is 0 Å². The molecule has 0 spiro atoms. The first kappa shape index (κ1) is 21.8. The molecule has 2 heterocycles. The van der Waals surface area contributed by atoms with E-state index in [4.69, 9.17) is 34.7 Å². The van der Waals surface area contributed by atoms with E-state index in [9.17, 15) is 4.39 Å². The average Bonchev–Trinajstić information content (AvgIpc) is 3.27. The Bertz CT molecular complexity index is 980. The minimum atomic E-state index is -0.516. The lowest BCUT2D eigenvalue weighted by atomic mass is 9.88. The van der Waals surface area contributed by atoms with Crippen LogP contribution in [0, 0.1) is 11.7 Å². The maximum atomic E-state index is 14.0. The van der Waals surface area contributed by atoms with Gasteiger partial charge in [0, 0.05) is 29.6 Å². The largest absolute Gasteiger partial charge is 0.396 e. The van der Waals surface area contributed by atoms with Crippen molar-refractivity contribution in [1.29, 1.82) is 0 Å². The van der Waals surface area contributed by atoms with Gasteiger partial charge in [-0.25, -0.2) is 9.38 Å². The van der Waals surface area contributed by atoms with Crippen molar-refractivity contribution in [2.45, 2.75) is 38.6 Å². The van der Waals surface area contributed by atoms with Gasteiger partial charge >= 0.3 is 0 Å². The molecule has 0 unspecified atom stereocenters. The fourth-order valence-corrected chi connectivity index (χ4v) is 4.60. The van der Waals surface area contributed by atoms with Crippen molar-refractivity contribution >= 4 is 34.9 Å². The molecule has 0 aromatic heterocycles. The minimum Gasteiger partial charge on any atom is -0.396 e. The minimum absolute atomic E-state index is 0.00245. The molecule has 4 rings (SSSR count). The molecule has 1 saturated carbocycles. The van der Waals surface area contributed by atoms with Crippen molar-refractivity contribution in [3.63, 3.8) is 0 Å². The molecule has 7 nitrogen and oxygen atoms in total. The highest BCUT2D eigenvalue weighted by Crippen LogP contribution is 2.30. The number of nitrogens with zero attached hydrogens (tertiary/aromatic N) is 3. The van der Waals surface area contributed by atoms with E-state index in [0.717, 1.165) is 18.7 Å². The first-order valence-electron chi connectivity index (χ1n) is 10.4. The van der Waals surface area contributed by atoms with Crippen LogP contribution < -0.4 is 22.3 Å². The van der Waals surface area contributed by atoms with E-state index < -0.39 is 5.82 Å². The fraction of sp³-hybridized carbons (Fsp3) is 0.429. The van der Waals surface area contributed by atoms with E-state index >= 15 is 0 Å². The number of hydrogen-bond acceptors (Lipinski definition) is 7. The van der Waals surface area contributed by atoms with Gasteiger partial charge < -0.3 is 16.4 Å². The topological polar surface area (TPSA) is 104 Å². The van der Waals surface area contributed by atoms with Gasteiger partial charge in [0.15, 0.2) is 5.82 Å². The van der Waals surface area contributed by atoms with E-state index in [-0.39, 0.29) is 11.6 Å². The van der Waals surface area contributed by atoms with Gasteiger partial charge in [0.25, 0.3) is 0 Å². The van der Waals surface area contributed by atoms with Crippen LogP contribution in [0.5, 0.6) is 0 Å². The number of allylic oxidation sites excluding steroid dienone is 1. The summed E-state index contributed by atoms with van der Waals surface area (Å²) in [5.41, 5.74) is 20.3. The highest BCUT2D eigenvalue weighted by molar-refractivity contribution is 6.36. The number of hydrogen-bond donors (Lipinski definition) is 4. The standard InChI is InChI=1S/C21H26Cl2FN7/c22-14-6-7-15(24)18(23)13(14)11-31-9-8-27-19(26)17(31)10-16(25)21-28-20(29-30-21)12-4-2-1-3-5-12/h6-7,10,12,30H,1-5,8-9,11,25H2,(H2,26,27)(H,28,29). The van der Waals surface area contributed by atoms with Crippen molar-refractivity contribution in [2.75, 3.05) is 13.1 Å². The normalized spacial score (nSPS) is 22.7.